The van der Waals surface area contributed by atoms with Gasteiger partial charge in [-0.1, -0.05) is 6.07 Å². The highest BCUT2D eigenvalue weighted by atomic mass is 32.1. The molecule has 2 atom stereocenters. The highest BCUT2D eigenvalue weighted by Gasteiger charge is 2.42. The van der Waals surface area contributed by atoms with Crippen molar-refractivity contribution in [3.05, 3.63) is 77.4 Å². The Kier molecular flexibility index (Phi) is 5.78. The molecule has 6 nitrogen and oxygen atoms in total. The van der Waals surface area contributed by atoms with E-state index in [4.69, 9.17) is 12.2 Å². The fourth-order valence-electron chi connectivity index (χ4n) is 4.47. The van der Waals surface area contributed by atoms with E-state index in [1.165, 1.54) is 23.9 Å². The van der Waals surface area contributed by atoms with Crippen molar-refractivity contribution in [2.75, 3.05) is 10.2 Å². The molecule has 2 N–H and O–H groups in total. The van der Waals surface area contributed by atoms with E-state index in [1.54, 1.807) is 0 Å². The molecule has 1 aromatic carbocycles. The molecule has 1 amide bonds. The van der Waals surface area contributed by atoms with Crippen molar-refractivity contribution in [1.29, 1.82) is 0 Å². The number of hydrogen-bond donors (Lipinski definition) is 2. The third-order valence-corrected chi connectivity index (χ3v) is 6.13. The van der Waals surface area contributed by atoms with Gasteiger partial charge in [0.1, 0.15) is 0 Å². The van der Waals surface area contributed by atoms with E-state index in [9.17, 15) is 4.79 Å². The molecular formula is C24H27N5OS. The lowest BCUT2D eigenvalue weighted by Gasteiger charge is -2.28. The number of amides is 1. The van der Waals surface area contributed by atoms with Gasteiger partial charge in [0.25, 0.3) is 0 Å². The van der Waals surface area contributed by atoms with Gasteiger partial charge in [-0.25, -0.2) is 0 Å². The number of carbonyl (C=O) groups excluding carboxylic acids is 1. The van der Waals surface area contributed by atoms with Gasteiger partial charge in [0.15, 0.2) is 5.11 Å². The molecule has 0 spiro atoms. The van der Waals surface area contributed by atoms with Crippen LogP contribution < -0.4 is 15.5 Å². The van der Waals surface area contributed by atoms with Gasteiger partial charge in [-0.3, -0.25) is 9.78 Å². The Labute approximate surface area is 188 Å². The number of aryl methyl sites for hydroxylation is 1. The van der Waals surface area contributed by atoms with Gasteiger partial charge in [-0.15, -0.1) is 0 Å². The van der Waals surface area contributed by atoms with E-state index >= 15 is 0 Å². The lowest BCUT2D eigenvalue weighted by atomic mass is 9.96. The summed E-state index contributed by atoms with van der Waals surface area (Å²) in [6.45, 7) is 8.90. The second-order valence-corrected chi connectivity index (χ2v) is 8.18. The van der Waals surface area contributed by atoms with Crippen molar-refractivity contribution < 1.29 is 4.79 Å². The van der Waals surface area contributed by atoms with Gasteiger partial charge in [0.2, 0.25) is 5.91 Å². The van der Waals surface area contributed by atoms with Crippen molar-refractivity contribution in [1.82, 2.24) is 14.9 Å². The van der Waals surface area contributed by atoms with Crippen LogP contribution in [-0.4, -0.2) is 20.6 Å². The highest BCUT2D eigenvalue weighted by molar-refractivity contribution is 7.80. The topological polar surface area (TPSA) is 62.2 Å². The number of nitrogens with zero attached hydrogens (tertiary/aromatic N) is 3. The maximum absolute atomic E-state index is 11.4. The van der Waals surface area contributed by atoms with E-state index in [0.29, 0.717) is 5.11 Å². The number of carbonyl (C=O) groups is 1. The third kappa shape index (κ3) is 3.93. The van der Waals surface area contributed by atoms with Gasteiger partial charge in [0, 0.05) is 42.4 Å². The Morgan fingerprint density at radius 3 is 2.52 bits per heavy atom. The minimum atomic E-state index is -0.0915. The number of benzene rings is 1. The van der Waals surface area contributed by atoms with E-state index < -0.39 is 0 Å². The molecule has 0 radical (unpaired) electrons. The smallest absolute Gasteiger partial charge is 0.221 e. The summed E-state index contributed by atoms with van der Waals surface area (Å²) in [6.07, 6.45) is 1.82. The Morgan fingerprint density at radius 2 is 1.94 bits per heavy atom. The Bertz CT molecular complexity index is 1110. The second-order valence-electron chi connectivity index (χ2n) is 7.80. The number of anilines is 2. The van der Waals surface area contributed by atoms with E-state index in [0.717, 1.165) is 23.6 Å². The van der Waals surface area contributed by atoms with Crippen LogP contribution in [0.3, 0.4) is 0 Å². The molecule has 3 aromatic rings. The maximum Gasteiger partial charge on any atom is 0.221 e. The molecule has 2 aromatic heterocycles. The Morgan fingerprint density at radius 1 is 1.19 bits per heavy atom. The lowest BCUT2D eigenvalue weighted by Crippen LogP contribution is -2.29. The molecule has 0 unspecified atom stereocenters. The second kappa shape index (κ2) is 8.51. The van der Waals surface area contributed by atoms with Crippen molar-refractivity contribution >= 4 is 34.6 Å². The summed E-state index contributed by atoms with van der Waals surface area (Å²) in [5.74, 6) is -0.0915. The fourth-order valence-corrected chi connectivity index (χ4v) is 4.82. The summed E-state index contributed by atoms with van der Waals surface area (Å²) >= 11 is 5.80. The van der Waals surface area contributed by atoms with Crippen LogP contribution in [0.5, 0.6) is 0 Å². The predicted molar refractivity (Wildman–Crippen MR) is 128 cm³/mol. The SMILES string of the molecule is CCn1c(C)cc([C@H]2[C@H](c3ccccn3)NC(=S)N2c2ccc(NC(C)=O)cc2)c1C. The molecule has 1 aliphatic heterocycles. The van der Waals surface area contributed by atoms with Crippen LogP contribution >= 0.6 is 12.2 Å². The van der Waals surface area contributed by atoms with Crippen LogP contribution in [0, 0.1) is 13.8 Å². The molecular weight excluding hydrogens is 406 g/mol. The zero-order valence-electron chi connectivity index (χ0n) is 18.2. The van der Waals surface area contributed by atoms with Gasteiger partial charge < -0.3 is 20.1 Å². The molecule has 1 saturated heterocycles. The summed E-state index contributed by atoms with van der Waals surface area (Å²) in [5.41, 5.74) is 6.38. The molecule has 1 fully saturated rings. The van der Waals surface area contributed by atoms with E-state index in [-0.39, 0.29) is 18.0 Å². The molecule has 31 heavy (non-hydrogen) atoms. The summed E-state index contributed by atoms with van der Waals surface area (Å²) in [4.78, 5) is 18.2. The molecule has 7 heteroatoms. The first-order chi connectivity index (χ1) is 14.9. The van der Waals surface area contributed by atoms with Gasteiger partial charge >= 0.3 is 0 Å². The number of thiocarbonyl (C=S) groups is 1. The quantitative estimate of drug-likeness (QED) is 0.573. The predicted octanol–water partition coefficient (Wildman–Crippen LogP) is 4.66. The van der Waals surface area contributed by atoms with Crippen molar-refractivity contribution in [2.45, 2.75) is 46.3 Å². The normalized spacial score (nSPS) is 18.2. The number of pyridine rings is 1. The van der Waals surface area contributed by atoms with Crippen LogP contribution in [-0.2, 0) is 11.3 Å². The summed E-state index contributed by atoms with van der Waals surface area (Å²) in [5, 5.41) is 6.98. The van der Waals surface area contributed by atoms with E-state index in [2.05, 4.69) is 51.9 Å². The summed E-state index contributed by atoms with van der Waals surface area (Å²) in [6, 6.07) is 15.9. The average molecular weight is 434 g/mol. The molecule has 1 aliphatic rings. The molecule has 3 heterocycles. The average Bonchev–Trinajstić information content (AvgIpc) is 3.24. The van der Waals surface area contributed by atoms with Crippen LogP contribution in [0.25, 0.3) is 0 Å². The van der Waals surface area contributed by atoms with Crippen LogP contribution in [0.2, 0.25) is 0 Å². The summed E-state index contributed by atoms with van der Waals surface area (Å²) in [7, 11) is 0. The largest absolute Gasteiger partial charge is 0.351 e. The Balaban J connectivity index is 1.81. The Hall–Kier alpha value is -3.19. The molecule has 4 rings (SSSR count). The first kappa shape index (κ1) is 21.1. The molecule has 0 aliphatic carbocycles. The fraction of sp³-hybridized carbons (Fsp3) is 0.292. The number of aromatic nitrogens is 2. The third-order valence-electron chi connectivity index (χ3n) is 5.81. The van der Waals surface area contributed by atoms with Crippen molar-refractivity contribution in [2.24, 2.45) is 0 Å². The van der Waals surface area contributed by atoms with Gasteiger partial charge in [-0.2, -0.15) is 0 Å². The van der Waals surface area contributed by atoms with Gasteiger partial charge in [0.05, 0.1) is 17.8 Å². The van der Waals surface area contributed by atoms with Gasteiger partial charge in [-0.05, 0) is 81.0 Å². The summed E-state index contributed by atoms with van der Waals surface area (Å²) < 4.78 is 2.32. The first-order valence-corrected chi connectivity index (χ1v) is 10.9. The molecule has 0 bridgehead atoms. The minimum absolute atomic E-state index is 0.0412. The lowest BCUT2D eigenvalue weighted by molar-refractivity contribution is -0.114. The number of rotatable bonds is 5. The maximum atomic E-state index is 11.4. The highest BCUT2D eigenvalue weighted by Crippen LogP contribution is 2.43. The van der Waals surface area contributed by atoms with E-state index in [1.807, 2.05) is 48.7 Å². The van der Waals surface area contributed by atoms with Crippen molar-refractivity contribution in [3.63, 3.8) is 0 Å². The van der Waals surface area contributed by atoms with Crippen molar-refractivity contribution in [3.8, 4) is 0 Å². The first-order valence-electron chi connectivity index (χ1n) is 10.5. The minimum Gasteiger partial charge on any atom is -0.351 e. The zero-order valence-corrected chi connectivity index (χ0v) is 19.0. The molecule has 160 valence electrons. The standard InChI is InChI=1S/C24H27N5OS/c1-5-28-15(2)14-20(16(28)3)23-22(21-8-6-7-13-25-21)27-24(31)29(23)19-11-9-18(10-12-19)26-17(4)30/h6-14,22-23H,5H2,1-4H3,(H,26,30)(H,27,31)/t22-,23-/m0/s1. The van der Waals surface area contributed by atoms with Crippen LogP contribution in [0.1, 0.15) is 48.6 Å². The zero-order chi connectivity index (χ0) is 22.1. The van der Waals surface area contributed by atoms with Crippen LogP contribution in [0.15, 0.2) is 54.7 Å². The number of nitrogens with one attached hydrogen (secondary N) is 2. The molecule has 0 saturated carbocycles. The number of hydrogen-bond acceptors (Lipinski definition) is 3. The monoisotopic (exact) mass is 433 g/mol. The van der Waals surface area contributed by atoms with Crippen LogP contribution in [0.4, 0.5) is 11.4 Å².